The van der Waals surface area contributed by atoms with E-state index in [1.54, 1.807) is 41.5 Å². The SMILES string of the molecule is CCOC(C)OC(=O)C(C)(CC(C)(C#N)CC(CC)C(=O)OC1CCOC1=O)CC(C)(C)C(=O)OC1(C)C2CC3CC(C2)CC1C3. The number of nitriles is 1. The van der Waals surface area contributed by atoms with Crippen LogP contribution in [0.5, 0.6) is 0 Å². The fraction of sp³-hybridized carbons (Fsp3) is 0.861. The van der Waals surface area contributed by atoms with E-state index in [1.165, 1.54) is 6.42 Å². The third-order valence-corrected chi connectivity index (χ3v) is 11.3. The lowest BCUT2D eigenvalue weighted by atomic mass is 9.50. The fourth-order valence-electron chi connectivity index (χ4n) is 9.22. The number of hydrogen-bond acceptors (Lipinski definition) is 10. The van der Waals surface area contributed by atoms with Crippen LogP contribution in [0.25, 0.3) is 0 Å². The predicted molar refractivity (Wildman–Crippen MR) is 167 cm³/mol. The van der Waals surface area contributed by atoms with E-state index in [-0.39, 0.29) is 31.8 Å². The quantitative estimate of drug-likeness (QED) is 0.113. The average molecular weight is 646 g/mol. The van der Waals surface area contributed by atoms with Gasteiger partial charge in [-0.2, -0.15) is 5.26 Å². The molecule has 0 amide bonds. The molecule has 46 heavy (non-hydrogen) atoms. The molecule has 0 aromatic heterocycles. The van der Waals surface area contributed by atoms with Gasteiger partial charge in [-0.25, -0.2) is 4.79 Å². The molecule has 1 heterocycles. The number of rotatable bonds is 15. The van der Waals surface area contributed by atoms with Gasteiger partial charge in [-0.15, -0.1) is 0 Å². The molecule has 5 rings (SSSR count). The Labute approximate surface area is 274 Å². The third kappa shape index (κ3) is 7.72. The summed E-state index contributed by atoms with van der Waals surface area (Å²) in [6.45, 7) is 14.9. The maximum atomic E-state index is 14.1. The minimum absolute atomic E-state index is 0.0199. The van der Waals surface area contributed by atoms with Crippen molar-refractivity contribution >= 4 is 23.9 Å². The molecular formula is C36H55NO9. The van der Waals surface area contributed by atoms with E-state index >= 15 is 0 Å². The van der Waals surface area contributed by atoms with Crippen molar-refractivity contribution in [3.05, 3.63) is 0 Å². The first-order valence-electron chi connectivity index (χ1n) is 17.3. The molecule has 5 aliphatic rings. The Morgan fingerprint density at radius 2 is 1.61 bits per heavy atom. The van der Waals surface area contributed by atoms with Gasteiger partial charge in [0.05, 0.1) is 34.8 Å². The van der Waals surface area contributed by atoms with Crippen molar-refractivity contribution in [1.29, 1.82) is 5.26 Å². The highest BCUT2D eigenvalue weighted by Crippen LogP contribution is 2.60. The second-order valence-electron chi connectivity index (χ2n) is 16.0. The van der Waals surface area contributed by atoms with Crippen molar-refractivity contribution in [3.8, 4) is 6.07 Å². The molecule has 4 aliphatic carbocycles. The molecule has 0 radical (unpaired) electrons. The van der Waals surface area contributed by atoms with Gasteiger partial charge in [0.2, 0.25) is 6.10 Å². The molecule has 258 valence electrons. The number of esters is 4. The Morgan fingerprint density at radius 1 is 1.00 bits per heavy atom. The van der Waals surface area contributed by atoms with Gasteiger partial charge in [-0.3, -0.25) is 14.4 Å². The molecule has 0 aromatic carbocycles. The van der Waals surface area contributed by atoms with Crippen LogP contribution in [0.3, 0.4) is 0 Å². The summed E-state index contributed by atoms with van der Waals surface area (Å²) in [7, 11) is 0. The molecule has 1 saturated heterocycles. The lowest BCUT2D eigenvalue weighted by molar-refractivity contribution is -0.213. The van der Waals surface area contributed by atoms with Crippen molar-refractivity contribution in [2.24, 2.45) is 45.8 Å². The zero-order valence-electron chi connectivity index (χ0n) is 29.1. The van der Waals surface area contributed by atoms with Crippen LogP contribution in [0.2, 0.25) is 0 Å². The average Bonchev–Trinajstić information content (AvgIpc) is 3.37. The monoisotopic (exact) mass is 645 g/mol. The van der Waals surface area contributed by atoms with Gasteiger partial charge in [-0.05, 0) is 130 Å². The predicted octanol–water partition coefficient (Wildman–Crippen LogP) is 6.29. The molecule has 10 nitrogen and oxygen atoms in total. The first kappa shape index (κ1) is 36.2. The van der Waals surface area contributed by atoms with Gasteiger partial charge in [0, 0.05) is 13.0 Å². The van der Waals surface area contributed by atoms with Crippen LogP contribution < -0.4 is 0 Å². The van der Waals surface area contributed by atoms with E-state index in [0.29, 0.717) is 31.3 Å². The van der Waals surface area contributed by atoms with Crippen LogP contribution in [0.1, 0.15) is 120 Å². The van der Waals surface area contributed by atoms with Crippen LogP contribution in [0, 0.1) is 57.2 Å². The Balaban J connectivity index is 1.54. The molecule has 4 bridgehead atoms. The Kier molecular flexibility index (Phi) is 10.9. The van der Waals surface area contributed by atoms with E-state index in [9.17, 15) is 24.4 Å². The lowest BCUT2D eigenvalue weighted by Gasteiger charge is -2.59. The molecule has 5 atom stereocenters. The maximum Gasteiger partial charge on any atom is 0.347 e. The molecule has 0 spiro atoms. The van der Waals surface area contributed by atoms with E-state index in [2.05, 4.69) is 13.0 Å². The van der Waals surface area contributed by atoms with E-state index in [0.717, 1.165) is 37.5 Å². The summed E-state index contributed by atoms with van der Waals surface area (Å²) in [6, 6.07) is 2.36. The van der Waals surface area contributed by atoms with Gasteiger partial charge >= 0.3 is 23.9 Å². The summed E-state index contributed by atoms with van der Waals surface area (Å²) in [4.78, 5) is 53.0. The normalized spacial score (nSPS) is 32.3. The molecular weight excluding hydrogens is 590 g/mol. The molecule has 5 unspecified atom stereocenters. The van der Waals surface area contributed by atoms with Crippen LogP contribution in [0.15, 0.2) is 0 Å². The van der Waals surface area contributed by atoms with Gasteiger partial charge in [0.15, 0.2) is 6.29 Å². The number of hydrogen-bond donors (Lipinski definition) is 0. The summed E-state index contributed by atoms with van der Waals surface area (Å²) in [5, 5.41) is 10.5. The Hall–Kier alpha value is -2.67. The molecule has 5 fully saturated rings. The van der Waals surface area contributed by atoms with E-state index in [4.69, 9.17) is 23.7 Å². The minimum atomic E-state index is -1.30. The highest BCUT2D eigenvalue weighted by Gasteiger charge is 2.58. The zero-order valence-corrected chi connectivity index (χ0v) is 29.1. The van der Waals surface area contributed by atoms with Crippen LogP contribution in [0.4, 0.5) is 0 Å². The number of nitrogens with zero attached hydrogens (tertiary/aromatic N) is 1. The summed E-state index contributed by atoms with van der Waals surface area (Å²) in [5.41, 5.74) is -4.08. The van der Waals surface area contributed by atoms with Crippen LogP contribution >= 0.6 is 0 Å². The molecule has 0 N–H and O–H groups in total. The summed E-state index contributed by atoms with van der Waals surface area (Å²) >= 11 is 0. The van der Waals surface area contributed by atoms with Crippen molar-refractivity contribution in [1.82, 2.24) is 0 Å². The molecule has 10 heteroatoms. The van der Waals surface area contributed by atoms with E-state index < -0.39 is 58.1 Å². The summed E-state index contributed by atoms with van der Waals surface area (Å²) in [6.07, 6.45) is 4.77. The molecule has 1 aliphatic heterocycles. The maximum absolute atomic E-state index is 14.1. The second kappa shape index (κ2) is 13.8. The second-order valence-corrected chi connectivity index (χ2v) is 16.0. The topological polar surface area (TPSA) is 138 Å². The standard InChI is InChI=1S/C36H55NO9/c1-9-25(29(38)45-28-11-12-43-30(28)39)18-34(6,21-37)20-35(7,32(41)44-22(3)42-10-2)19-33(4,5)31(40)46-36(8)26-14-23-13-24(16-26)17-27(36)15-23/h22-28H,9-20H2,1-8H3. The largest absolute Gasteiger partial charge is 0.463 e. The van der Waals surface area contributed by atoms with Crippen LogP contribution in [-0.4, -0.2) is 55.1 Å². The zero-order chi connectivity index (χ0) is 34.1. The highest BCUT2D eigenvalue weighted by molar-refractivity contribution is 5.82. The Bertz CT molecular complexity index is 1180. The summed E-state index contributed by atoms with van der Waals surface area (Å²) in [5.74, 6) is -0.597. The first-order valence-corrected chi connectivity index (χ1v) is 17.3. The Morgan fingerprint density at radius 3 is 2.11 bits per heavy atom. The highest BCUT2D eigenvalue weighted by atomic mass is 16.7. The van der Waals surface area contributed by atoms with Gasteiger partial charge in [-0.1, -0.05) is 6.92 Å². The van der Waals surface area contributed by atoms with Crippen LogP contribution in [-0.2, 0) is 42.9 Å². The van der Waals surface area contributed by atoms with Gasteiger partial charge < -0.3 is 23.7 Å². The van der Waals surface area contributed by atoms with Crippen molar-refractivity contribution < 1.29 is 42.9 Å². The number of ether oxygens (including phenoxy) is 5. The smallest absolute Gasteiger partial charge is 0.347 e. The number of carbonyl (C=O) groups is 4. The van der Waals surface area contributed by atoms with Gasteiger partial charge in [0.1, 0.15) is 5.60 Å². The fourth-order valence-corrected chi connectivity index (χ4v) is 9.22. The number of cyclic esters (lactones) is 1. The summed E-state index contributed by atoms with van der Waals surface area (Å²) < 4.78 is 28.1. The van der Waals surface area contributed by atoms with Gasteiger partial charge in [0.25, 0.3) is 0 Å². The lowest BCUT2D eigenvalue weighted by Crippen LogP contribution is -2.59. The molecule has 4 saturated carbocycles. The van der Waals surface area contributed by atoms with Crippen molar-refractivity contribution in [2.75, 3.05) is 13.2 Å². The first-order chi connectivity index (χ1) is 21.5. The number of carbonyl (C=O) groups excluding carboxylic acids is 4. The minimum Gasteiger partial charge on any atom is -0.463 e. The van der Waals surface area contributed by atoms with Crippen molar-refractivity contribution in [3.63, 3.8) is 0 Å². The van der Waals surface area contributed by atoms with Crippen molar-refractivity contribution in [2.45, 2.75) is 138 Å². The van der Waals surface area contributed by atoms with E-state index in [1.807, 2.05) is 6.92 Å². The molecule has 0 aromatic rings. The third-order valence-electron chi connectivity index (χ3n) is 11.3.